The van der Waals surface area contributed by atoms with Gasteiger partial charge in [-0.15, -0.1) is 0 Å². The Hall–Kier alpha value is -1.10. The SMILES string of the molecule is OCC1(CNCc2ccccc2OCC2CC2)COC1. The smallest absolute Gasteiger partial charge is 0.123 e. The molecule has 2 aliphatic rings. The van der Waals surface area contributed by atoms with Crippen LogP contribution in [0.2, 0.25) is 0 Å². The number of rotatable bonds is 8. The van der Waals surface area contributed by atoms with Gasteiger partial charge in [-0.05, 0) is 24.8 Å². The first-order valence-corrected chi connectivity index (χ1v) is 7.41. The molecule has 2 fully saturated rings. The molecule has 1 saturated heterocycles. The minimum absolute atomic E-state index is 0.0796. The predicted octanol–water partition coefficient (Wildman–Crippen LogP) is 1.57. The summed E-state index contributed by atoms with van der Waals surface area (Å²) in [5.74, 6) is 1.75. The van der Waals surface area contributed by atoms with Gasteiger partial charge in [0.15, 0.2) is 0 Å². The highest BCUT2D eigenvalue weighted by Crippen LogP contribution is 2.30. The van der Waals surface area contributed by atoms with Gasteiger partial charge in [-0.2, -0.15) is 0 Å². The van der Waals surface area contributed by atoms with Crippen molar-refractivity contribution >= 4 is 0 Å². The molecule has 0 amide bonds. The van der Waals surface area contributed by atoms with Gasteiger partial charge in [-0.25, -0.2) is 0 Å². The molecule has 1 heterocycles. The Labute approximate surface area is 120 Å². The highest BCUT2D eigenvalue weighted by molar-refractivity contribution is 5.33. The molecule has 4 heteroatoms. The summed E-state index contributed by atoms with van der Waals surface area (Å²) in [4.78, 5) is 0. The minimum atomic E-state index is -0.0796. The van der Waals surface area contributed by atoms with Gasteiger partial charge in [0.25, 0.3) is 0 Å². The Kier molecular flexibility index (Phi) is 4.24. The molecule has 0 atom stereocenters. The third kappa shape index (κ3) is 3.32. The number of ether oxygens (including phenoxy) is 2. The van der Waals surface area contributed by atoms with Gasteiger partial charge in [-0.3, -0.25) is 0 Å². The highest BCUT2D eigenvalue weighted by atomic mass is 16.5. The summed E-state index contributed by atoms with van der Waals surface area (Å²) in [6.07, 6.45) is 2.61. The number of hydrogen-bond donors (Lipinski definition) is 2. The molecule has 1 saturated carbocycles. The molecule has 0 bridgehead atoms. The molecular formula is C16H23NO3. The zero-order valence-corrected chi connectivity index (χ0v) is 11.8. The van der Waals surface area contributed by atoms with E-state index in [1.165, 1.54) is 18.4 Å². The van der Waals surface area contributed by atoms with E-state index >= 15 is 0 Å². The van der Waals surface area contributed by atoms with Crippen molar-refractivity contribution in [2.24, 2.45) is 11.3 Å². The first-order chi connectivity index (χ1) is 9.81. The summed E-state index contributed by atoms with van der Waals surface area (Å²) < 4.78 is 11.1. The molecule has 0 spiro atoms. The quantitative estimate of drug-likeness (QED) is 0.757. The van der Waals surface area contributed by atoms with Crippen LogP contribution in [-0.4, -0.2) is 38.1 Å². The van der Waals surface area contributed by atoms with Gasteiger partial charge in [0.1, 0.15) is 5.75 Å². The molecular weight excluding hydrogens is 254 g/mol. The summed E-state index contributed by atoms with van der Waals surface area (Å²) >= 11 is 0. The average Bonchev–Trinajstić information content (AvgIpc) is 3.25. The van der Waals surface area contributed by atoms with E-state index in [4.69, 9.17) is 9.47 Å². The van der Waals surface area contributed by atoms with Crippen molar-refractivity contribution in [1.29, 1.82) is 0 Å². The first kappa shape index (κ1) is 13.9. The van der Waals surface area contributed by atoms with Crippen molar-refractivity contribution in [1.82, 2.24) is 5.32 Å². The van der Waals surface area contributed by atoms with Crippen LogP contribution in [0, 0.1) is 11.3 Å². The minimum Gasteiger partial charge on any atom is -0.493 e. The normalized spacial score (nSPS) is 20.4. The number of aliphatic hydroxyl groups excluding tert-OH is 1. The molecule has 1 aromatic carbocycles. The van der Waals surface area contributed by atoms with Gasteiger partial charge >= 0.3 is 0 Å². The summed E-state index contributed by atoms with van der Waals surface area (Å²) in [5, 5.41) is 12.8. The van der Waals surface area contributed by atoms with E-state index < -0.39 is 0 Å². The number of benzene rings is 1. The predicted molar refractivity (Wildman–Crippen MR) is 76.7 cm³/mol. The van der Waals surface area contributed by atoms with Crippen LogP contribution in [0.15, 0.2) is 24.3 Å². The second-order valence-corrected chi connectivity index (χ2v) is 6.12. The van der Waals surface area contributed by atoms with E-state index in [1.807, 2.05) is 18.2 Å². The number of para-hydroxylation sites is 1. The lowest BCUT2D eigenvalue weighted by molar-refractivity contribution is -0.134. The average molecular weight is 277 g/mol. The van der Waals surface area contributed by atoms with E-state index in [0.717, 1.165) is 31.4 Å². The van der Waals surface area contributed by atoms with Crippen LogP contribution in [0.1, 0.15) is 18.4 Å². The number of aliphatic hydroxyl groups is 1. The van der Waals surface area contributed by atoms with Crippen molar-refractivity contribution in [3.05, 3.63) is 29.8 Å². The van der Waals surface area contributed by atoms with Crippen LogP contribution >= 0.6 is 0 Å². The Morgan fingerprint density at radius 1 is 1.30 bits per heavy atom. The summed E-state index contributed by atoms with van der Waals surface area (Å²) in [6.45, 7) is 3.86. The molecule has 0 aromatic heterocycles. The van der Waals surface area contributed by atoms with Crippen molar-refractivity contribution in [3.8, 4) is 5.75 Å². The maximum Gasteiger partial charge on any atom is 0.123 e. The maximum atomic E-state index is 9.40. The van der Waals surface area contributed by atoms with Crippen molar-refractivity contribution in [2.45, 2.75) is 19.4 Å². The lowest BCUT2D eigenvalue weighted by Crippen LogP contribution is -2.52. The Balaban J connectivity index is 1.50. The summed E-state index contributed by atoms with van der Waals surface area (Å²) in [6, 6.07) is 8.18. The molecule has 4 nitrogen and oxygen atoms in total. The maximum absolute atomic E-state index is 9.40. The standard InChI is InChI=1S/C16H23NO3/c18-10-16(11-19-12-16)9-17-7-14-3-1-2-4-15(14)20-8-13-5-6-13/h1-4,13,17-18H,5-12H2. The van der Waals surface area contributed by atoms with Crippen LogP contribution in [-0.2, 0) is 11.3 Å². The fourth-order valence-electron chi connectivity index (χ4n) is 2.39. The fourth-order valence-corrected chi connectivity index (χ4v) is 2.39. The van der Waals surface area contributed by atoms with E-state index in [1.54, 1.807) is 0 Å². The first-order valence-electron chi connectivity index (χ1n) is 7.41. The lowest BCUT2D eigenvalue weighted by atomic mass is 9.87. The van der Waals surface area contributed by atoms with Gasteiger partial charge in [0, 0.05) is 18.7 Å². The molecule has 1 aliphatic carbocycles. The Bertz CT molecular complexity index is 436. The summed E-state index contributed by atoms with van der Waals surface area (Å²) in [5.41, 5.74) is 1.10. The Morgan fingerprint density at radius 3 is 2.75 bits per heavy atom. The Morgan fingerprint density at radius 2 is 2.10 bits per heavy atom. The van der Waals surface area contributed by atoms with E-state index in [0.29, 0.717) is 13.2 Å². The van der Waals surface area contributed by atoms with Crippen LogP contribution in [0.25, 0.3) is 0 Å². The van der Waals surface area contributed by atoms with Crippen LogP contribution in [0.3, 0.4) is 0 Å². The molecule has 1 aromatic rings. The number of hydrogen-bond acceptors (Lipinski definition) is 4. The van der Waals surface area contributed by atoms with Crippen molar-refractivity contribution < 1.29 is 14.6 Å². The van der Waals surface area contributed by atoms with Gasteiger partial charge in [0.2, 0.25) is 0 Å². The van der Waals surface area contributed by atoms with E-state index in [-0.39, 0.29) is 12.0 Å². The summed E-state index contributed by atoms with van der Waals surface area (Å²) in [7, 11) is 0. The largest absolute Gasteiger partial charge is 0.493 e. The molecule has 0 unspecified atom stereocenters. The van der Waals surface area contributed by atoms with Crippen molar-refractivity contribution in [3.63, 3.8) is 0 Å². The third-order valence-corrected chi connectivity index (χ3v) is 4.11. The third-order valence-electron chi connectivity index (χ3n) is 4.11. The lowest BCUT2D eigenvalue weighted by Gasteiger charge is -2.40. The van der Waals surface area contributed by atoms with Crippen LogP contribution in [0.5, 0.6) is 5.75 Å². The molecule has 20 heavy (non-hydrogen) atoms. The highest BCUT2D eigenvalue weighted by Gasteiger charge is 2.37. The molecule has 3 rings (SSSR count). The molecule has 110 valence electrons. The van der Waals surface area contributed by atoms with Crippen LogP contribution < -0.4 is 10.1 Å². The molecule has 0 radical (unpaired) electrons. The second-order valence-electron chi connectivity index (χ2n) is 6.12. The fraction of sp³-hybridized carbons (Fsp3) is 0.625. The van der Waals surface area contributed by atoms with Gasteiger partial charge in [0.05, 0.1) is 31.8 Å². The second kappa shape index (κ2) is 6.12. The molecule has 2 N–H and O–H groups in total. The van der Waals surface area contributed by atoms with E-state index in [2.05, 4.69) is 11.4 Å². The molecule has 1 aliphatic heterocycles. The number of nitrogens with one attached hydrogen (secondary N) is 1. The van der Waals surface area contributed by atoms with Gasteiger partial charge in [-0.1, -0.05) is 18.2 Å². The zero-order valence-electron chi connectivity index (χ0n) is 11.8. The topological polar surface area (TPSA) is 50.7 Å². The monoisotopic (exact) mass is 277 g/mol. The van der Waals surface area contributed by atoms with E-state index in [9.17, 15) is 5.11 Å². The zero-order chi connectivity index (χ0) is 13.8. The van der Waals surface area contributed by atoms with Crippen LogP contribution in [0.4, 0.5) is 0 Å². The van der Waals surface area contributed by atoms with Crippen molar-refractivity contribution in [2.75, 3.05) is 33.0 Å². The van der Waals surface area contributed by atoms with Gasteiger partial charge < -0.3 is 19.9 Å².